The molecule has 308 valence electrons. The fraction of sp³-hybridized carbons (Fsp3) is 0.0323. The molecule has 0 heterocycles. The molecule has 2 heteroatoms. The topological polar surface area (TPSA) is 6.48 Å². The molecule has 2 nitrogen and oxygen atoms in total. The zero-order valence-electron chi connectivity index (χ0n) is 36.1. The number of hydrogen-bond donors (Lipinski definition) is 0. The number of fused-ring (bicyclic) bond motifs is 2. The van der Waals surface area contributed by atoms with Crippen LogP contribution in [0, 0.1) is 0 Å². The van der Waals surface area contributed by atoms with Crippen molar-refractivity contribution < 1.29 is 0 Å². The summed E-state index contributed by atoms with van der Waals surface area (Å²) in [5.41, 5.74) is 14.0. The highest BCUT2D eigenvalue weighted by Gasteiger charge is 2.14. The van der Waals surface area contributed by atoms with Crippen LogP contribution in [-0.4, -0.2) is 6.54 Å². The van der Waals surface area contributed by atoms with Gasteiger partial charge in [0.1, 0.15) is 0 Å². The molecule has 9 rings (SSSR count). The van der Waals surface area contributed by atoms with E-state index in [2.05, 4.69) is 253 Å². The molecule has 0 aromatic heterocycles. The lowest BCUT2D eigenvalue weighted by Crippen LogP contribution is -2.16. The average molecular weight is 823 g/mol. The van der Waals surface area contributed by atoms with Crippen molar-refractivity contribution in [3.8, 4) is 44.5 Å². The molecule has 0 bridgehead atoms. The second kappa shape index (κ2) is 19.7. The molecular weight excluding hydrogens is 773 g/mol. The number of nitrogens with zero attached hydrogens (tertiary/aromatic N) is 2. The Morgan fingerprint density at radius 2 is 0.781 bits per heavy atom. The van der Waals surface area contributed by atoms with Crippen LogP contribution in [0.3, 0.4) is 0 Å². The summed E-state index contributed by atoms with van der Waals surface area (Å²) in [4.78, 5) is 4.59. The Labute approximate surface area is 378 Å². The van der Waals surface area contributed by atoms with Gasteiger partial charge in [0.2, 0.25) is 0 Å². The van der Waals surface area contributed by atoms with Gasteiger partial charge in [0.15, 0.2) is 0 Å². The minimum Gasteiger partial charge on any atom is -0.338 e. The van der Waals surface area contributed by atoms with Gasteiger partial charge in [-0.05, 0) is 128 Å². The maximum atomic E-state index is 3.84. The lowest BCUT2D eigenvalue weighted by Gasteiger charge is -2.24. The Morgan fingerprint density at radius 1 is 0.375 bits per heavy atom. The van der Waals surface area contributed by atoms with Crippen LogP contribution >= 0.6 is 0 Å². The second-order valence-corrected chi connectivity index (χ2v) is 15.7. The van der Waals surface area contributed by atoms with E-state index in [0.29, 0.717) is 0 Å². The van der Waals surface area contributed by atoms with Crippen LogP contribution in [0.25, 0.3) is 66.1 Å². The number of hydrogen-bond acceptors (Lipinski definition) is 2. The van der Waals surface area contributed by atoms with Crippen LogP contribution in [0.15, 0.2) is 268 Å². The van der Waals surface area contributed by atoms with E-state index in [-0.39, 0.29) is 0 Å². The highest BCUT2D eigenvalue weighted by molar-refractivity contribution is 5.98. The molecule has 0 aliphatic carbocycles. The van der Waals surface area contributed by atoms with E-state index >= 15 is 0 Å². The lowest BCUT2D eigenvalue weighted by molar-refractivity contribution is 1.10. The Kier molecular flexibility index (Phi) is 12.7. The molecule has 0 radical (unpaired) electrons. The lowest BCUT2D eigenvalue weighted by atomic mass is 9.94. The minimum absolute atomic E-state index is 0.741. The minimum atomic E-state index is 0.741. The second-order valence-electron chi connectivity index (χ2n) is 15.7. The van der Waals surface area contributed by atoms with Crippen molar-refractivity contribution in [2.45, 2.75) is 6.92 Å². The molecule has 0 spiro atoms. The summed E-state index contributed by atoms with van der Waals surface area (Å²) in [6, 6.07) is 74.6. The third-order valence-corrected chi connectivity index (χ3v) is 11.7. The van der Waals surface area contributed by atoms with E-state index in [4.69, 9.17) is 0 Å². The standard InChI is InChI=1S/C62H50N2/c1-3-5-7-15-45-63(55-41-33-51(34-42-55)61-27-17-21-47-19-9-11-23-57(47)61)53-37-29-49(30-38-53)59-25-13-14-26-60(59)50-31-39-54(40-32-50)64(46-16-8-6-4-2)56-43-35-52(36-44-56)62-28-18-22-48-20-10-12-24-58(48)62/h3-45H,1,46H2,2H3/b6-4-,7-5-,16-8-,45-15+. The summed E-state index contributed by atoms with van der Waals surface area (Å²) in [5, 5.41) is 5.01. The first-order valence-corrected chi connectivity index (χ1v) is 22.0. The van der Waals surface area contributed by atoms with Gasteiger partial charge in [0.05, 0.1) is 0 Å². The van der Waals surface area contributed by atoms with Gasteiger partial charge in [0, 0.05) is 35.5 Å². The zero-order valence-corrected chi connectivity index (χ0v) is 36.1. The van der Waals surface area contributed by atoms with Crippen molar-refractivity contribution in [3.05, 3.63) is 268 Å². The van der Waals surface area contributed by atoms with E-state index in [0.717, 1.165) is 34.9 Å². The van der Waals surface area contributed by atoms with Gasteiger partial charge in [-0.1, -0.05) is 207 Å². The monoisotopic (exact) mass is 822 g/mol. The number of anilines is 4. The Bertz CT molecular complexity index is 3120. The van der Waals surface area contributed by atoms with E-state index in [1.807, 2.05) is 25.2 Å². The normalized spacial score (nSPS) is 11.7. The van der Waals surface area contributed by atoms with Gasteiger partial charge in [-0.2, -0.15) is 0 Å². The molecular formula is C62H50N2. The first-order valence-electron chi connectivity index (χ1n) is 22.0. The predicted molar refractivity (Wildman–Crippen MR) is 278 cm³/mol. The van der Waals surface area contributed by atoms with E-state index in [1.54, 1.807) is 6.08 Å². The first-order chi connectivity index (χ1) is 31.7. The van der Waals surface area contributed by atoms with Gasteiger partial charge in [-0.15, -0.1) is 0 Å². The quantitative estimate of drug-likeness (QED) is 0.101. The van der Waals surface area contributed by atoms with Gasteiger partial charge in [-0.25, -0.2) is 0 Å². The van der Waals surface area contributed by atoms with Gasteiger partial charge in [0.25, 0.3) is 0 Å². The molecule has 0 atom stereocenters. The maximum absolute atomic E-state index is 3.84. The molecule has 0 amide bonds. The number of rotatable bonds is 14. The van der Waals surface area contributed by atoms with Gasteiger partial charge < -0.3 is 9.80 Å². The fourth-order valence-corrected chi connectivity index (χ4v) is 8.50. The van der Waals surface area contributed by atoms with Crippen LogP contribution in [0.5, 0.6) is 0 Å². The molecule has 0 saturated carbocycles. The van der Waals surface area contributed by atoms with Crippen LogP contribution in [0.2, 0.25) is 0 Å². The molecule has 0 fully saturated rings. The molecule has 0 aliphatic rings. The van der Waals surface area contributed by atoms with E-state index in [1.165, 1.54) is 60.5 Å². The predicted octanol–water partition coefficient (Wildman–Crippen LogP) is 17.3. The zero-order chi connectivity index (χ0) is 43.5. The third-order valence-electron chi connectivity index (χ3n) is 11.7. The summed E-state index contributed by atoms with van der Waals surface area (Å²) in [5.74, 6) is 0. The smallest absolute Gasteiger partial charge is 0.0455 e. The van der Waals surface area contributed by atoms with E-state index in [9.17, 15) is 0 Å². The number of allylic oxidation sites excluding steroid dienone is 7. The maximum Gasteiger partial charge on any atom is 0.0455 e. The summed E-state index contributed by atoms with van der Waals surface area (Å²) in [7, 11) is 0. The van der Waals surface area contributed by atoms with E-state index < -0.39 is 0 Å². The van der Waals surface area contributed by atoms with Crippen LogP contribution in [0.1, 0.15) is 6.92 Å². The van der Waals surface area contributed by atoms with Crippen LogP contribution in [0.4, 0.5) is 22.7 Å². The Morgan fingerprint density at radius 3 is 1.25 bits per heavy atom. The summed E-state index contributed by atoms with van der Waals surface area (Å²) >= 11 is 0. The highest BCUT2D eigenvalue weighted by atomic mass is 15.1. The van der Waals surface area contributed by atoms with Crippen molar-refractivity contribution in [1.82, 2.24) is 0 Å². The highest BCUT2D eigenvalue weighted by Crippen LogP contribution is 2.38. The SMILES string of the molecule is C=C/C=C\C=C\N(c1ccc(-c2ccccc2-c2ccc(N(C/C=C\C=C/C)c3ccc(-c4cccc5ccccc45)cc3)cc2)cc1)c1ccc(-c2cccc3ccccc23)cc1. The fourth-order valence-electron chi connectivity index (χ4n) is 8.50. The average Bonchev–Trinajstić information content (AvgIpc) is 3.36. The Balaban J connectivity index is 0.984. The largest absolute Gasteiger partial charge is 0.338 e. The van der Waals surface area contributed by atoms with Crippen molar-refractivity contribution in [1.29, 1.82) is 0 Å². The number of benzene rings is 9. The van der Waals surface area contributed by atoms with Crippen molar-refractivity contribution in [2.24, 2.45) is 0 Å². The molecule has 0 unspecified atom stereocenters. The molecule has 9 aromatic rings. The summed E-state index contributed by atoms with van der Waals surface area (Å²) in [6.45, 7) is 6.63. The van der Waals surface area contributed by atoms with Crippen molar-refractivity contribution in [2.75, 3.05) is 16.3 Å². The van der Waals surface area contributed by atoms with Crippen molar-refractivity contribution in [3.63, 3.8) is 0 Å². The van der Waals surface area contributed by atoms with Gasteiger partial charge >= 0.3 is 0 Å². The molecule has 64 heavy (non-hydrogen) atoms. The van der Waals surface area contributed by atoms with Crippen LogP contribution in [-0.2, 0) is 0 Å². The molecule has 0 N–H and O–H groups in total. The summed E-state index contributed by atoms with van der Waals surface area (Å²) in [6.07, 6.45) is 18.4. The third kappa shape index (κ3) is 9.04. The van der Waals surface area contributed by atoms with Crippen molar-refractivity contribution >= 4 is 44.3 Å². The van der Waals surface area contributed by atoms with Gasteiger partial charge in [-0.3, -0.25) is 0 Å². The molecule has 0 aliphatic heterocycles. The summed E-state index contributed by atoms with van der Waals surface area (Å²) < 4.78 is 0. The molecule has 9 aromatic carbocycles. The van der Waals surface area contributed by atoms with Crippen LogP contribution < -0.4 is 9.80 Å². The Hall–Kier alpha value is -8.20. The first kappa shape index (κ1) is 41.2. The molecule has 0 saturated heterocycles.